The van der Waals surface area contributed by atoms with Gasteiger partial charge >= 0.3 is 0 Å². The summed E-state index contributed by atoms with van der Waals surface area (Å²) in [6, 6.07) is 15.1. The summed E-state index contributed by atoms with van der Waals surface area (Å²) >= 11 is 0. The Hall–Kier alpha value is -3.48. The van der Waals surface area contributed by atoms with Gasteiger partial charge in [0.2, 0.25) is 5.91 Å². The van der Waals surface area contributed by atoms with E-state index in [1.807, 2.05) is 54.3 Å². The van der Waals surface area contributed by atoms with Crippen molar-refractivity contribution in [3.63, 3.8) is 0 Å². The van der Waals surface area contributed by atoms with Crippen LogP contribution in [0, 0.1) is 6.92 Å². The molecule has 0 unspecified atom stereocenters. The highest BCUT2D eigenvalue weighted by Gasteiger charge is 2.32. The third-order valence-electron chi connectivity index (χ3n) is 5.63. The minimum Gasteiger partial charge on any atom is -0.340 e. The predicted octanol–water partition coefficient (Wildman–Crippen LogP) is 2.94. The van der Waals surface area contributed by atoms with Crippen LogP contribution in [0.4, 0.5) is 0 Å². The monoisotopic (exact) mass is 387 g/mol. The third kappa shape index (κ3) is 2.99. The van der Waals surface area contributed by atoms with Crippen LogP contribution < -0.4 is 5.56 Å². The van der Waals surface area contributed by atoms with E-state index in [2.05, 4.69) is 15.1 Å². The van der Waals surface area contributed by atoms with Crippen molar-refractivity contribution in [2.75, 3.05) is 6.54 Å². The fourth-order valence-electron chi connectivity index (χ4n) is 4.21. The SMILES string of the molecule is Cc1nn(CC(=O)N2CCC[C@@H]2c2nc3ccccc3[nH]2)c(=O)c2ccccc12. The van der Waals surface area contributed by atoms with Crippen molar-refractivity contribution in [1.29, 1.82) is 0 Å². The van der Waals surface area contributed by atoms with Crippen LogP contribution in [0.1, 0.15) is 30.4 Å². The van der Waals surface area contributed by atoms with Crippen LogP contribution in [-0.2, 0) is 11.3 Å². The number of carbonyl (C=O) groups excluding carboxylic acids is 1. The predicted molar refractivity (Wildman–Crippen MR) is 111 cm³/mol. The molecule has 0 saturated carbocycles. The van der Waals surface area contributed by atoms with E-state index in [0.29, 0.717) is 11.9 Å². The first-order valence-electron chi connectivity index (χ1n) is 9.82. The van der Waals surface area contributed by atoms with Gasteiger partial charge in [0.15, 0.2) is 0 Å². The highest BCUT2D eigenvalue weighted by Crippen LogP contribution is 2.31. The first-order chi connectivity index (χ1) is 14.1. The number of rotatable bonds is 3. The maximum Gasteiger partial charge on any atom is 0.275 e. The first kappa shape index (κ1) is 17.6. The topological polar surface area (TPSA) is 83.9 Å². The standard InChI is InChI=1S/C22H21N5O2/c1-14-15-7-2-3-8-16(15)22(29)27(25-14)13-20(28)26-12-6-11-19(26)21-23-17-9-4-5-10-18(17)24-21/h2-5,7-10,19H,6,11-13H2,1H3,(H,23,24)/t19-/m1/s1. The maximum atomic E-state index is 13.1. The molecule has 146 valence electrons. The lowest BCUT2D eigenvalue weighted by Gasteiger charge is -2.23. The molecular weight excluding hydrogens is 366 g/mol. The number of likely N-dealkylation sites (tertiary alicyclic amines) is 1. The summed E-state index contributed by atoms with van der Waals surface area (Å²) < 4.78 is 1.29. The lowest BCUT2D eigenvalue weighted by Crippen LogP contribution is -2.37. The zero-order valence-corrected chi connectivity index (χ0v) is 16.1. The Morgan fingerprint density at radius 3 is 2.72 bits per heavy atom. The molecule has 7 nitrogen and oxygen atoms in total. The fraction of sp³-hybridized carbons (Fsp3) is 0.273. The van der Waals surface area contributed by atoms with E-state index < -0.39 is 0 Å². The third-order valence-corrected chi connectivity index (χ3v) is 5.63. The molecule has 0 radical (unpaired) electrons. The average molecular weight is 387 g/mol. The molecule has 1 aliphatic rings. The van der Waals surface area contributed by atoms with Gasteiger partial charge in [0, 0.05) is 11.9 Å². The largest absolute Gasteiger partial charge is 0.340 e. The molecule has 5 rings (SSSR count). The van der Waals surface area contributed by atoms with Gasteiger partial charge in [0.1, 0.15) is 12.4 Å². The number of imidazole rings is 1. The number of para-hydroxylation sites is 2. The second-order valence-electron chi connectivity index (χ2n) is 7.48. The molecule has 1 atom stereocenters. The van der Waals surface area contributed by atoms with Crippen molar-refractivity contribution in [3.05, 3.63) is 70.4 Å². The number of aryl methyl sites for hydroxylation is 1. The Balaban J connectivity index is 1.45. The minimum atomic E-state index is -0.237. The van der Waals surface area contributed by atoms with E-state index >= 15 is 0 Å². The summed E-state index contributed by atoms with van der Waals surface area (Å²) in [6.07, 6.45) is 1.76. The van der Waals surface area contributed by atoms with Crippen LogP contribution >= 0.6 is 0 Å². The van der Waals surface area contributed by atoms with Crippen LogP contribution in [0.5, 0.6) is 0 Å². The van der Waals surface area contributed by atoms with Gasteiger partial charge in [0.05, 0.1) is 28.2 Å². The number of hydrogen-bond acceptors (Lipinski definition) is 4. The van der Waals surface area contributed by atoms with E-state index in [1.165, 1.54) is 4.68 Å². The van der Waals surface area contributed by atoms with Gasteiger partial charge in [-0.3, -0.25) is 9.59 Å². The molecule has 1 fully saturated rings. The molecule has 3 heterocycles. The fourth-order valence-corrected chi connectivity index (χ4v) is 4.21. The summed E-state index contributed by atoms with van der Waals surface area (Å²) in [5, 5.41) is 5.79. The Morgan fingerprint density at radius 1 is 1.14 bits per heavy atom. The molecule has 0 bridgehead atoms. The lowest BCUT2D eigenvalue weighted by molar-refractivity contribution is -0.133. The first-order valence-corrected chi connectivity index (χ1v) is 9.82. The number of benzene rings is 2. The normalized spacial score (nSPS) is 16.7. The Labute approximate surface area is 167 Å². The zero-order chi connectivity index (χ0) is 20.0. The number of hydrogen-bond donors (Lipinski definition) is 1. The van der Waals surface area contributed by atoms with Crippen molar-refractivity contribution in [3.8, 4) is 0 Å². The van der Waals surface area contributed by atoms with Gasteiger partial charge in [0.25, 0.3) is 5.56 Å². The summed E-state index contributed by atoms with van der Waals surface area (Å²) in [6.45, 7) is 2.44. The molecule has 0 aliphatic carbocycles. The molecule has 7 heteroatoms. The number of H-pyrrole nitrogens is 1. The van der Waals surface area contributed by atoms with Crippen LogP contribution in [0.2, 0.25) is 0 Å². The average Bonchev–Trinajstić information content (AvgIpc) is 3.38. The number of nitrogens with zero attached hydrogens (tertiary/aromatic N) is 4. The van der Waals surface area contributed by atoms with Gasteiger partial charge in [-0.1, -0.05) is 30.3 Å². The summed E-state index contributed by atoms with van der Waals surface area (Å²) in [5.41, 5.74) is 2.36. The van der Waals surface area contributed by atoms with Crippen LogP contribution in [0.25, 0.3) is 21.8 Å². The number of carbonyl (C=O) groups is 1. The molecule has 2 aromatic heterocycles. The minimum absolute atomic E-state index is 0.0682. The summed E-state index contributed by atoms with van der Waals surface area (Å²) in [5.74, 6) is 0.685. The molecule has 2 aromatic carbocycles. The van der Waals surface area contributed by atoms with Crippen molar-refractivity contribution in [1.82, 2.24) is 24.6 Å². The Bertz CT molecular complexity index is 1260. The Kier molecular flexibility index (Phi) is 4.16. The molecule has 1 amide bonds. The molecule has 1 aliphatic heterocycles. The van der Waals surface area contributed by atoms with E-state index in [1.54, 1.807) is 6.07 Å². The van der Waals surface area contributed by atoms with Crippen LogP contribution in [0.15, 0.2) is 53.3 Å². The Morgan fingerprint density at radius 2 is 1.90 bits per heavy atom. The van der Waals surface area contributed by atoms with E-state index in [0.717, 1.165) is 40.8 Å². The van der Waals surface area contributed by atoms with Gasteiger partial charge in [-0.25, -0.2) is 9.67 Å². The van der Waals surface area contributed by atoms with Gasteiger partial charge in [-0.15, -0.1) is 0 Å². The van der Waals surface area contributed by atoms with Crippen molar-refractivity contribution in [2.45, 2.75) is 32.4 Å². The molecule has 1 saturated heterocycles. The molecule has 4 aromatic rings. The lowest BCUT2D eigenvalue weighted by atomic mass is 10.1. The van der Waals surface area contributed by atoms with Crippen molar-refractivity contribution < 1.29 is 4.79 Å². The van der Waals surface area contributed by atoms with Crippen molar-refractivity contribution in [2.24, 2.45) is 0 Å². The highest BCUT2D eigenvalue weighted by atomic mass is 16.2. The van der Waals surface area contributed by atoms with Crippen molar-refractivity contribution >= 4 is 27.7 Å². The zero-order valence-electron chi connectivity index (χ0n) is 16.1. The quantitative estimate of drug-likeness (QED) is 0.586. The second kappa shape index (κ2) is 6.84. The smallest absolute Gasteiger partial charge is 0.275 e. The molecule has 1 N–H and O–H groups in total. The summed E-state index contributed by atoms with van der Waals surface area (Å²) in [7, 11) is 0. The van der Waals surface area contributed by atoms with E-state index in [-0.39, 0.29) is 24.1 Å². The van der Waals surface area contributed by atoms with Crippen LogP contribution in [-0.4, -0.2) is 37.1 Å². The summed E-state index contributed by atoms with van der Waals surface area (Å²) in [4.78, 5) is 35.7. The highest BCUT2D eigenvalue weighted by molar-refractivity contribution is 5.84. The molecule has 0 spiro atoms. The number of amides is 1. The second-order valence-corrected chi connectivity index (χ2v) is 7.48. The van der Waals surface area contributed by atoms with Gasteiger partial charge in [-0.05, 0) is 38.0 Å². The van der Waals surface area contributed by atoms with E-state index in [4.69, 9.17) is 0 Å². The number of nitrogens with one attached hydrogen (secondary N) is 1. The van der Waals surface area contributed by atoms with Gasteiger partial charge < -0.3 is 9.88 Å². The molecular formula is C22H21N5O2. The maximum absolute atomic E-state index is 13.1. The molecule has 29 heavy (non-hydrogen) atoms. The number of aromatic amines is 1. The van der Waals surface area contributed by atoms with Gasteiger partial charge in [-0.2, -0.15) is 5.10 Å². The number of aromatic nitrogens is 4. The van der Waals surface area contributed by atoms with E-state index in [9.17, 15) is 9.59 Å². The number of fused-ring (bicyclic) bond motifs is 2. The van der Waals surface area contributed by atoms with Crippen LogP contribution in [0.3, 0.4) is 0 Å².